The summed E-state index contributed by atoms with van der Waals surface area (Å²) in [5.74, 6) is -0.599. The van der Waals surface area contributed by atoms with Crippen molar-refractivity contribution in [1.29, 1.82) is 0 Å². The lowest BCUT2D eigenvalue weighted by Gasteiger charge is -2.36. The van der Waals surface area contributed by atoms with Crippen LogP contribution in [0.2, 0.25) is 0 Å². The number of thiophene rings is 1. The molecule has 0 saturated heterocycles. The SMILES string of the molecule is Cc1ccc(NC(=O)CCC(=O)N2CCc3sccc3C2c2cccc(F)c2)c(C)c1. The highest BCUT2D eigenvalue weighted by molar-refractivity contribution is 7.10. The molecule has 2 amide bonds. The van der Waals surface area contributed by atoms with E-state index < -0.39 is 0 Å². The maximum atomic E-state index is 13.9. The molecule has 0 fully saturated rings. The van der Waals surface area contributed by atoms with Gasteiger partial charge in [-0.1, -0.05) is 29.8 Å². The molecular weight excluding hydrogens is 411 g/mol. The van der Waals surface area contributed by atoms with Gasteiger partial charge in [0, 0.05) is 30.0 Å². The maximum absolute atomic E-state index is 13.9. The first-order valence-electron chi connectivity index (χ1n) is 10.4. The number of carbonyl (C=O) groups excluding carboxylic acids is 2. The number of amides is 2. The molecule has 1 atom stereocenters. The molecule has 0 bridgehead atoms. The molecule has 31 heavy (non-hydrogen) atoms. The summed E-state index contributed by atoms with van der Waals surface area (Å²) in [6.07, 6.45) is 0.996. The predicted molar refractivity (Wildman–Crippen MR) is 122 cm³/mol. The van der Waals surface area contributed by atoms with Crippen LogP contribution < -0.4 is 5.32 Å². The fourth-order valence-electron chi connectivity index (χ4n) is 4.15. The Kier molecular flexibility index (Phi) is 6.18. The zero-order valence-corrected chi connectivity index (χ0v) is 18.5. The largest absolute Gasteiger partial charge is 0.331 e. The zero-order valence-electron chi connectivity index (χ0n) is 17.7. The van der Waals surface area contributed by atoms with E-state index in [1.54, 1.807) is 22.3 Å². The fourth-order valence-corrected chi connectivity index (χ4v) is 5.06. The summed E-state index contributed by atoms with van der Waals surface area (Å²) in [5, 5.41) is 4.92. The Morgan fingerprint density at radius 2 is 1.97 bits per heavy atom. The maximum Gasteiger partial charge on any atom is 0.224 e. The van der Waals surface area contributed by atoms with E-state index in [2.05, 4.69) is 5.32 Å². The van der Waals surface area contributed by atoms with Crippen LogP contribution in [0, 0.1) is 19.7 Å². The van der Waals surface area contributed by atoms with Crippen LogP contribution in [-0.4, -0.2) is 23.3 Å². The van der Waals surface area contributed by atoms with Gasteiger partial charge in [-0.2, -0.15) is 0 Å². The normalized spacial score (nSPS) is 15.5. The first-order valence-corrected chi connectivity index (χ1v) is 11.3. The number of nitrogens with zero attached hydrogens (tertiary/aromatic N) is 1. The van der Waals surface area contributed by atoms with Crippen LogP contribution in [0.25, 0.3) is 0 Å². The molecule has 0 saturated carbocycles. The van der Waals surface area contributed by atoms with Gasteiger partial charge in [-0.3, -0.25) is 9.59 Å². The smallest absolute Gasteiger partial charge is 0.224 e. The monoisotopic (exact) mass is 436 g/mol. The first-order chi connectivity index (χ1) is 14.9. The van der Waals surface area contributed by atoms with E-state index in [4.69, 9.17) is 0 Å². The van der Waals surface area contributed by atoms with Crippen molar-refractivity contribution >= 4 is 28.8 Å². The third-order valence-electron chi connectivity index (χ3n) is 5.67. The van der Waals surface area contributed by atoms with E-state index in [9.17, 15) is 14.0 Å². The highest BCUT2D eigenvalue weighted by atomic mass is 32.1. The summed E-state index contributed by atoms with van der Waals surface area (Å²) in [6, 6.07) is 14.0. The van der Waals surface area contributed by atoms with Crippen molar-refractivity contribution in [2.24, 2.45) is 0 Å². The molecular formula is C25H25FN2O2S. The molecule has 4 rings (SSSR count). The van der Waals surface area contributed by atoms with E-state index in [0.717, 1.165) is 34.4 Å². The number of hydrogen-bond acceptors (Lipinski definition) is 3. The van der Waals surface area contributed by atoms with Gasteiger partial charge in [0.05, 0.1) is 6.04 Å². The average Bonchev–Trinajstić information content (AvgIpc) is 3.22. The molecule has 1 N–H and O–H groups in total. The number of aryl methyl sites for hydroxylation is 2. The molecule has 3 aromatic rings. The topological polar surface area (TPSA) is 49.4 Å². The van der Waals surface area contributed by atoms with Gasteiger partial charge in [0.2, 0.25) is 11.8 Å². The van der Waals surface area contributed by atoms with Gasteiger partial charge in [-0.25, -0.2) is 4.39 Å². The highest BCUT2D eigenvalue weighted by Gasteiger charge is 2.32. The van der Waals surface area contributed by atoms with E-state index in [-0.39, 0.29) is 36.5 Å². The molecule has 1 unspecified atom stereocenters. The minimum absolute atomic E-state index is 0.0955. The highest BCUT2D eigenvalue weighted by Crippen LogP contribution is 2.38. The van der Waals surface area contributed by atoms with Crippen LogP contribution in [0.5, 0.6) is 0 Å². The second-order valence-electron chi connectivity index (χ2n) is 7.96. The van der Waals surface area contributed by atoms with Gasteiger partial charge in [0.25, 0.3) is 0 Å². The van der Waals surface area contributed by atoms with Crippen molar-refractivity contribution in [1.82, 2.24) is 4.90 Å². The Hall–Kier alpha value is -2.99. The van der Waals surface area contributed by atoms with Crippen LogP contribution in [0.3, 0.4) is 0 Å². The number of benzene rings is 2. The van der Waals surface area contributed by atoms with E-state index in [1.807, 2.05) is 49.6 Å². The number of hydrogen-bond donors (Lipinski definition) is 1. The number of fused-ring (bicyclic) bond motifs is 1. The number of halogens is 1. The van der Waals surface area contributed by atoms with E-state index in [1.165, 1.54) is 17.0 Å². The summed E-state index contributed by atoms with van der Waals surface area (Å²) in [4.78, 5) is 28.6. The Labute approximate surface area is 185 Å². The molecule has 1 aliphatic rings. The summed E-state index contributed by atoms with van der Waals surface area (Å²) < 4.78 is 13.9. The molecule has 0 aliphatic carbocycles. The van der Waals surface area contributed by atoms with Crippen molar-refractivity contribution in [2.75, 3.05) is 11.9 Å². The number of anilines is 1. The van der Waals surface area contributed by atoms with E-state index in [0.29, 0.717) is 6.54 Å². The van der Waals surface area contributed by atoms with Crippen LogP contribution in [0.1, 0.15) is 46.0 Å². The summed E-state index contributed by atoms with van der Waals surface area (Å²) in [6.45, 7) is 4.51. The van der Waals surface area contributed by atoms with Crippen LogP contribution in [0.15, 0.2) is 53.9 Å². The van der Waals surface area contributed by atoms with E-state index >= 15 is 0 Å². The van der Waals surface area contributed by atoms with Gasteiger partial charge >= 0.3 is 0 Å². The van der Waals surface area contributed by atoms with Crippen molar-refractivity contribution in [3.63, 3.8) is 0 Å². The second-order valence-corrected chi connectivity index (χ2v) is 8.96. The summed E-state index contributed by atoms with van der Waals surface area (Å²) in [7, 11) is 0. The zero-order chi connectivity index (χ0) is 22.0. The molecule has 1 aromatic heterocycles. The Morgan fingerprint density at radius 3 is 2.74 bits per heavy atom. The molecule has 0 spiro atoms. The van der Waals surface area contributed by atoms with Crippen molar-refractivity contribution in [3.05, 3.63) is 86.9 Å². The van der Waals surface area contributed by atoms with Gasteiger partial charge in [-0.15, -0.1) is 11.3 Å². The standard InChI is InChI=1S/C25H25FN2O2S/c1-16-6-7-21(17(2)14-16)27-23(29)8-9-24(30)28-12-10-22-20(11-13-31-22)25(28)18-4-3-5-19(26)15-18/h3-7,11,13-15,25H,8-10,12H2,1-2H3,(H,27,29). The van der Waals surface area contributed by atoms with Gasteiger partial charge in [-0.05, 0) is 66.6 Å². The molecule has 2 heterocycles. The van der Waals surface area contributed by atoms with Crippen LogP contribution >= 0.6 is 11.3 Å². The average molecular weight is 437 g/mol. The summed E-state index contributed by atoms with van der Waals surface area (Å²) in [5.41, 5.74) is 4.70. The Morgan fingerprint density at radius 1 is 1.13 bits per heavy atom. The molecule has 2 aromatic carbocycles. The Balaban J connectivity index is 1.47. The minimum atomic E-state index is -0.319. The molecule has 6 heteroatoms. The minimum Gasteiger partial charge on any atom is -0.331 e. The van der Waals surface area contributed by atoms with Crippen molar-refractivity contribution in [3.8, 4) is 0 Å². The number of rotatable bonds is 5. The molecule has 1 aliphatic heterocycles. The third-order valence-corrected chi connectivity index (χ3v) is 6.67. The van der Waals surface area contributed by atoms with Crippen molar-refractivity contribution < 1.29 is 14.0 Å². The fraction of sp³-hybridized carbons (Fsp3) is 0.280. The lowest BCUT2D eigenvalue weighted by Crippen LogP contribution is -2.40. The lowest BCUT2D eigenvalue weighted by atomic mass is 9.92. The van der Waals surface area contributed by atoms with Crippen molar-refractivity contribution in [2.45, 2.75) is 39.2 Å². The molecule has 160 valence electrons. The number of carbonyl (C=O) groups is 2. The third kappa shape index (κ3) is 4.69. The van der Waals surface area contributed by atoms with Gasteiger partial charge in [0.15, 0.2) is 0 Å². The summed E-state index contributed by atoms with van der Waals surface area (Å²) >= 11 is 1.67. The lowest BCUT2D eigenvalue weighted by molar-refractivity contribution is -0.134. The van der Waals surface area contributed by atoms with Crippen LogP contribution in [0.4, 0.5) is 10.1 Å². The predicted octanol–water partition coefficient (Wildman–Crippen LogP) is 5.40. The molecule has 0 radical (unpaired) electrons. The van der Waals surface area contributed by atoms with Gasteiger partial charge < -0.3 is 10.2 Å². The van der Waals surface area contributed by atoms with Crippen LogP contribution in [-0.2, 0) is 16.0 Å². The first kappa shape index (κ1) is 21.2. The number of nitrogens with one attached hydrogen (secondary N) is 1. The second kappa shape index (κ2) is 9.02. The van der Waals surface area contributed by atoms with Gasteiger partial charge in [0.1, 0.15) is 5.82 Å². The quantitative estimate of drug-likeness (QED) is 0.582. The Bertz CT molecular complexity index is 1120. The molecule has 4 nitrogen and oxygen atoms in total.